The van der Waals surface area contributed by atoms with E-state index in [-0.39, 0.29) is 5.56 Å². The first-order valence-corrected chi connectivity index (χ1v) is 5.67. The van der Waals surface area contributed by atoms with Gasteiger partial charge >= 0.3 is 0 Å². The maximum absolute atomic E-state index is 13.3. The van der Waals surface area contributed by atoms with Gasteiger partial charge < -0.3 is 4.74 Å². The monoisotopic (exact) mass is 294 g/mol. The van der Waals surface area contributed by atoms with Crippen LogP contribution in [0.3, 0.4) is 0 Å². The largest absolute Gasteiger partial charge is 0.456 e. The van der Waals surface area contributed by atoms with Crippen molar-refractivity contribution < 1.29 is 13.9 Å². The van der Waals surface area contributed by atoms with Crippen LogP contribution in [0.4, 0.5) is 4.39 Å². The van der Waals surface area contributed by atoms with Crippen LogP contribution in [-0.2, 0) is 0 Å². The zero-order valence-corrected chi connectivity index (χ0v) is 10.3. The molecule has 0 aromatic heterocycles. The Bertz CT molecular complexity index is 555. The quantitative estimate of drug-likeness (QED) is 0.793. The molecule has 0 aliphatic heterocycles. The van der Waals surface area contributed by atoms with Crippen LogP contribution in [0.1, 0.15) is 10.4 Å². The summed E-state index contributed by atoms with van der Waals surface area (Å²) in [7, 11) is 0. The highest BCUT2D eigenvalue weighted by atomic mass is 79.9. The second-order valence-corrected chi connectivity index (χ2v) is 4.19. The van der Waals surface area contributed by atoms with E-state index in [0.29, 0.717) is 17.8 Å². The molecule has 0 spiro atoms. The second kappa shape index (κ2) is 5.10. The molecule has 2 aromatic carbocycles. The molecule has 0 saturated carbocycles. The summed E-state index contributed by atoms with van der Waals surface area (Å²) in [6.07, 6.45) is 0.470. The summed E-state index contributed by atoms with van der Waals surface area (Å²) in [4.78, 5) is 10.5. The fourth-order valence-corrected chi connectivity index (χ4v) is 1.69. The molecule has 86 valence electrons. The normalized spacial score (nSPS) is 10.0. The summed E-state index contributed by atoms with van der Waals surface area (Å²) in [5.41, 5.74) is 0.0180. The minimum atomic E-state index is -0.593. The summed E-state index contributed by atoms with van der Waals surface area (Å²) in [6.45, 7) is 0. The van der Waals surface area contributed by atoms with Gasteiger partial charge in [-0.15, -0.1) is 0 Å². The molecule has 0 heterocycles. The molecule has 0 aliphatic rings. The number of halogens is 2. The summed E-state index contributed by atoms with van der Waals surface area (Å²) >= 11 is 3.33. The van der Waals surface area contributed by atoms with Gasteiger partial charge in [-0.3, -0.25) is 4.79 Å². The van der Waals surface area contributed by atoms with Crippen LogP contribution in [0.2, 0.25) is 0 Å². The first kappa shape index (κ1) is 11.8. The third-order valence-electron chi connectivity index (χ3n) is 2.16. The fraction of sp³-hybridized carbons (Fsp3) is 0. The molecule has 0 fully saturated rings. The van der Waals surface area contributed by atoms with Gasteiger partial charge in [-0.2, -0.15) is 0 Å². The number of hydrogen-bond donors (Lipinski definition) is 0. The molecule has 0 unspecified atom stereocenters. The molecular formula is C13H8BrFO2. The predicted molar refractivity (Wildman–Crippen MR) is 66.0 cm³/mol. The molecule has 0 N–H and O–H groups in total. The van der Waals surface area contributed by atoms with Gasteiger partial charge in [-0.05, 0) is 40.2 Å². The standard InChI is InChI=1S/C13H8BrFO2/c14-11-3-1-2-4-13(11)17-10-6-5-9(8-16)12(15)7-10/h1-8H. The predicted octanol–water partition coefficient (Wildman–Crippen LogP) is 4.19. The Kier molecular flexibility index (Phi) is 3.54. The molecule has 17 heavy (non-hydrogen) atoms. The Hall–Kier alpha value is -1.68. The molecular weight excluding hydrogens is 287 g/mol. The lowest BCUT2D eigenvalue weighted by atomic mass is 10.2. The molecule has 0 radical (unpaired) electrons. The van der Waals surface area contributed by atoms with E-state index in [0.717, 1.165) is 4.47 Å². The molecule has 0 bridgehead atoms. The molecule has 0 amide bonds. The summed E-state index contributed by atoms with van der Waals surface area (Å²) in [6, 6.07) is 11.4. The van der Waals surface area contributed by atoms with Gasteiger partial charge in [0.25, 0.3) is 0 Å². The van der Waals surface area contributed by atoms with Crippen LogP contribution in [0.25, 0.3) is 0 Å². The van der Waals surface area contributed by atoms with Gasteiger partial charge in [-0.25, -0.2) is 4.39 Å². The third kappa shape index (κ3) is 2.71. The summed E-state index contributed by atoms with van der Waals surface area (Å²) < 4.78 is 19.6. The molecule has 0 saturated heterocycles. The second-order valence-electron chi connectivity index (χ2n) is 3.33. The molecule has 2 rings (SSSR count). The molecule has 2 aromatic rings. The number of rotatable bonds is 3. The van der Waals surface area contributed by atoms with E-state index < -0.39 is 5.82 Å². The highest BCUT2D eigenvalue weighted by molar-refractivity contribution is 9.10. The van der Waals surface area contributed by atoms with Crippen molar-refractivity contribution in [2.75, 3.05) is 0 Å². The van der Waals surface area contributed by atoms with Gasteiger partial charge in [-0.1, -0.05) is 12.1 Å². The molecule has 0 atom stereocenters. The number of carbonyl (C=O) groups is 1. The highest BCUT2D eigenvalue weighted by Gasteiger charge is 2.05. The highest BCUT2D eigenvalue weighted by Crippen LogP contribution is 2.29. The SMILES string of the molecule is O=Cc1ccc(Oc2ccccc2Br)cc1F. The molecule has 0 aliphatic carbocycles. The fourth-order valence-electron chi connectivity index (χ4n) is 1.32. The van der Waals surface area contributed by atoms with E-state index in [9.17, 15) is 9.18 Å². The van der Waals surface area contributed by atoms with E-state index in [1.54, 1.807) is 12.1 Å². The Balaban J connectivity index is 2.28. The number of carbonyl (C=O) groups excluding carboxylic acids is 1. The van der Waals surface area contributed by atoms with E-state index in [2.05, 4.69) is 15.9 Å². The topological polar surface area (TPSA) is 26.3 Å². The van der Waals surface area contributed by atoms with Crippen LogP contribution in [0, 0.1) is 5.82 Å². The lowest BCUT2D eigenvalue weighted by molar-refractivity contribution is 0.112. The van der Waals surface area contributed by atoms with Crippen molar-refractivity contribution in [1.29, 1.82) is 0 Å². The lowest BCUT2D eigenvalue weighted by Gasteiger charge is -2.07. The summed E-state index contributed by atoms with van der Waals surface area (Å²) in [5.74, 6) is 0.343. The minimum Gasteiger partial charge on any atom is -0.456 e. The average Bonchev–Trinajstić information content (AvgIpc) is 2.32. The maximum atomic E-state index is 13.3. The van der Waals surface area contributed by atoms with Gasteiger partial charge in [0.05, 0.1) is 10.0 Å². The maximum Gasteiger partial charge on any atom is 0.152 e. The zero-order chi connectivity index (χ0) is 12.3. The van der Waals surface area contributed by atoms with Crippen molar-refractivity contribution in [3.63, 3.8) is 0 Å². The Morgan fingerprint density at radius 2 is 1.94 bits per heavy atom. The molecule has 2 nitrogen and oxygen atoms in total. The van der Waals surface area contributed by atoms with Gasteiger partial charge in [0.2, 0.25) is 0 Å². The van der Waals surface area contributed by atoms with Crippen LogP contribution in [-0.4, -0.2) is 6.29 Å². The van der Waals surface area contributed by atoms with E-state index in [1.807, 2.05) is 18.2 Å². The Morgan fingerprint density at radius 3 is 2.59 bits per heavy atom. The third-order valence-corrected chi connectivity index (χ3v) is 2.82. The van der Waals surface area contributed by atoms with Crippen molar-refractivity contribution in [2.24, 2.45) is 0 Å². The number of hydrogen-bond acceptors (Lipinski definition) is 2. The van der Waals surface area contributed by atoms with Crippen LogP contribution in [0.15, 0.2) is 46.9 Å². The van der Waals surface area contributed by atoms with E-state index in [4.69, 9.17) is 4.74 Å². The Labute approximate surface area is 106 Å². The first-order chi connectivity index (χ1) is 8.20. The zero-order valence-electron chi connectivity index (χ0n) is 8.69. The van der Waals surface area contributed by atoms with E-state index in [1.165, 1.54) is 12.1 Å². The average molecular weight is 295 g/mol. The van der Waals surface area contributed by atoms with Gasteiger partial charge in [0.15, 0.2) is 6.29 Å². The van der Waals surface area contributed by atoms with Gasteiger partial charge in [0.1, 0.15) is 17.3 Å². The van der Waals surface area contributed by atoms with Crippen molar-refractivity contribution in [2.45, 2.75) is 0 Å². The van der Waals surface area contributed by atoms with Crippen LogP contribution < -0.4 is 4.74 Å². The molecule has 4 heteroatoms. The number of benzene rings is 2. The van der Waals surface area contributed by atoms with Crippen LogP contribution in [0.5, 0.6) is 11.5 Å². The van der Waals surface area contributed by atoms with Crippen molar-refractivity contribution in [1.82, 2.24) is 0 Å². The number of ether oxygens (including phenoxy) is 1. The van der Waals surface area contributed by atoms with Gasteiger partial charge in [0, 0.05) is 6.07 Å². The van der Waals surface area contributed by atoms with Crippen molar-refractivity contribution in [3.8, 4) is 11.5 Å². The van der Waals surface area contributed by atoms with Crippen molar-refractivity contribution >= 4 is 22.2 Å². The van der Waals surface area contributed by atoms with E-state index >= 15 is 0 Å². The first-order valence-electron chi connectivity index (χ1n) is 4.88. The number of para-hydroxylation sites is 1. The smallest absolute Gasteiger partial charge is 0.152 e. The summed E-state index contributed by atoms with van der Waals surface area (Å²) in [5, 5.41) is 0. The van der Waals surface area contributed by atoms with Crippen LogP contribution >= 0.6 is 15.9 Å². The number of aldehydes is 1. The Morgan fingerprint density at radius 1 is 1.18 bits per heavy atom. The minimum absolute atomic E-state index is 0.0180. The van der Waals surface area contributed by atoms with Crippen molar-refractivity contribution in [3.05, 3.63) is 58.3 Å². The lowest BCUT2D eigenvalue weighted by Crippen LogP contribution is -1.90.